The summed E-state index contributed by atoms with van der Waals surface area (Å²) in [6, 6.07) is 0. The average molecular weight is 254 g/mol. The van der Waals surface area contributed by atoms with Crippen LogP contribution >= 0.6 is 0 Å². The zero-order valence-corrected chi connectivity index (χ0v) is 11.4. The summed E-state index contributed by atoms with van der Waals surface area (Å²) in [7, 11) is 0. The fraction of sp³-hybridized carbons (Fsp3) is 0.857. The van der Waals surface area contributed by atoms with Gasteiger partial charge in [0.1, 0.15) is 6.10 Å². The molecule has 1 aliphatic heterocycles. The normalized spacial score (nSPS) is 31.7. The quantitative estimate of drug-likeness (QED) is 0.726. The van der Waals surface area contributed by atoms with Gasteiger partial charge in [0.2, 0.25) is 6.10 Å². The predicted molar refractivity (Wildman–Crippen MR) is 65.8 cm³/mol. The highest BCUT2D eigenvalue weighted by Crippen LogP contribution is 2.37. The van der Waals surface area contributed by atoms with Gasteiger partial charge < -0.3 is 9.47 Å². The van der Waals surface area contributed by atoms with Gasteiger partial charge in [-0.3, -0.25) is 4.79 Å². The fourth-order valence-corrected chi connectivity index (χ4v) is 2.56. The Balaban J connectivity index is 2.04. The third kappa shape index (κ3) is 2.38. The summed E-state index contributed by atoms with van der Waals surface area (Å²) < 4.78 is 10.7. The average Bonchev–Trinajstić information content (AvgIpc) is 2.66. The molecule has 2 aliphatic rings. The van der Waals surface area contributed by atoms with Crippen molar-refractivity contribution in [1.82, 2.24) is 0 Å². The standard InChI is InChI=1S/C14H22O4/c1-4-14(2,3)13(16)18-11-9-7-5-6-8-10(9)17-12(11)15/h9-11H,4-8H2,1-3H3. The zero-order chi connectivity index (χ0) is 13.3. The molecule has 18 heavy (non-hydrogen) atoms. The molecule has 1 saturated heterocycles. The van der Waals surface area contributed by atoms with Gasteiger partial charge in [0.25, 0.3) is 0 Å². The van der Waals surface area contributed by atoms with E-state index in [1.54, 1.807) is 0 Å². The zero-order valence-electron chi connectivity index (χ0n) is 11.4. The molecule has 0 aromatic heterocycles. The lowest BCUT2D eigenvalue weighted by Crippen LogP contribution is -2.37. The molecule has 1 aliphatic carbocycles. The van der Waals surface area contributed by atoms with Crippen molar-refractivity contribution in [2.75, 3.05) is 0 Å². The van der Waals surface area contributed by atoms with Crippen LogP contribution in [-0.4, -0.2) is 24.1 Å². The van der Waals surface area contributed by atoms with Crippen LogP contribution in [0.3, 0.4) is 0 Å². The molecule has 1 heterocycles. The molecule has 2 fully saturated rings. The van der Waals surface area contributed by atoms with Crippen molar-refractivity contribution in [1.29, 1.82) is 0 Å². The topological polar surface area (TPSA) is 52.6 Å². The van der Waals surface area contributed by atoms with E-state index in [0.717, 1.165) is 25.7 Å². The monoisotopic (exact) mass is 254 g/mol. The Morgan fingerprint density at radius 3 is 2.72 bits per heavy atom. The van der Waals surface area contributed by atoms with Crippen LogP contribution in [0.1, 0.15) is 52.9 Å². The SMILES string of the molecule is CCC(C)(C)C(=O)OC1C(=O)OC2CCCCC21. The minimum atomic E-state index is -0.673. The highest BCUT2D eigenvalue weighted by Gasteiger charge is 2.48. The largest absolute Gasteiger partial charge is 0.459 e. The molecular formula is C14H22O4. The lowest BCUT2D eigenvalue weighted by molar-refractivity contribution is -0.168. The Bertz CT molecular complexity index is 348. The molecule has 1 saturated carbocycles. The van der Waals surface area contributed by atoms with Crippen LogP contribution in [0.2, 0.25) is 0 Å². The van der Waals surface area contributed by atoms with Gasteiger partial charge in [-0.25, -0.2) is 4.79 Å². The number of ether oxygens (including phenoxy) is 2. The molecular weight excluding hydrogens is 232 g/mol. The molecule has 0 spiro atoms. The highest BCUT2D eigenvalue weighted by molar-refractivity contribution is 5.83. The minimum Gasteiger partial charge on any atom is -0.459 e. The van der Waals surface area contributed by atoms with Crippen LogP contribution < -0.4 is 0 Å². The Hall–Kier alpha value is -1.06. The summed E-state index contributed by atoms with van der Waals surface area (Å²) >= 11 is 0. The molecule has 0 aromatic carbocycles. The van der Waals surface area contributed by atoms with Gasteiger partial charge in [0.05, 0.1) is 5.41 Å². The van der Waals surface area contributed by atoms with Crippen molar-refractivity contribution >= 4 is 11.9 Å². The van der Waals surface area contributed by atoms with E-state index in [9.17, 15) is 9.59 Å². The number of hydrogen-bond acceptors (Lipinski definition) is 4. The maximum Gasteiger partial charge on any atom is 0.348 e. The minimum absolute atomic E-state index is 0.0335. The van der Waals surface area contributed by atoms with Gasteiger partial charge in [-0.15, -0.1) is 0 Å². The first-order valence-corrected chi connectivity index (χ1v) is 6.87. The lowest BCUT2D eigenvalue weighted by atomic mass is 9.84. The van der Waals surface area contributed by atoms with Gasteiger partial charge in [-0.1, -0.05) is 13.3 Å². The number of hydrogen-bond donors (Lipinski definition) is 0. The second-order valence-electron chi connectivity index (χ2n) is 5.99. The van der Waals surface area contributed by atoms with Crippen LogP contribution in [0.25, 0.3) is 0 Å². The second-order valence-corrected chi connectivity index (χ2v) is 5.99. The smallest absolute Gasteiger partial charge is 0.348 e. The van der Waals surface area contributed by atoms with Crippen molar-refractivity contribution in [3.63, 3.8) is 0 Å². The lowest BCUT2D eigenvalue weighted by Gasteiger charge is -2.27. The van der Waals surface area contributed by atoms with Gasteiger partial charge in [0, 0.05) is 5.92 Å². The van der Waals surface area contributed by atoms with Crippen LogP contribution in [0.5, 0.6) is 0 Å². The molecule has 4 nitrogen and oxygen atoms in total. The molecule has 0 aromatic rings. The molecule has 2 rings (SSSR count). The van der Waals surface area contributed by atoms with E-state index in [1.165, 1.54) is 0 Å². The van der Waals surface area contributed by atoms with Crippen LogP contribution in [0.15, 0.2) is 0 Å². The first kappa shape index (κ1) is 13.4. The first-order chi connectivity index (χ1) is 8.45. The molecule has 0 N–H and O–H groups in total. The number of fused-ring (bicyclic) bond motifs is 1. The molecule has 0 amide bonds. The molecule has 0 radical (unpaired) electrons. The van der Waals surface area contributed by atoms with E-state index in [0.29, 0.717) is 6.42 Å². The number of carbonyl (C=O) groups is 2. The first-order valence-electron chi connectivity index (χ1n) is 6.87. The van der Waals surface area contributed by atoms with Crippen LogP contribution in [0.4, 0.5) is 0 Å². The molecule has 3 unspecified atom stereocenters. The van der Waals surface area contributed by atoms with Crippen LogP contribution in [0, 0.1) is 11.3 Å². The summed E-state index contributed by atoms with van der Waals surface area (Å²) in [5.41, 5.74) is -0.535. The third-order valence-electron chi connectivity index (χ3n) is 4.31. The Kier molecular flexibility index (Phi) is 3.64. The van der Waals surface area contributed by atoms with Crippen molar-refractivity contribution in [3.05, 3.63) is 0 Å². The summed E-state index contributed by atoms with van der Waals surface area (Å²) in [5, 5.41) is 0. The van der Waals surface area contributed by atoms with Gasteiger partial charge in [-0.05, 0) is 39.5 Å². The predicted octanol–water partition coefficient (Wildman–Crippen LogP) is 2.45. The third-order valence-corrected chi connectivity index (χ3v) is 4.31. The summed E-state index contributed by atoms with van der Waals surface area (Å²) in [4.78, 5) is 23.8. The Morgan fingerprint density at radius 1 is 1.39 bits per heavy atom. The number of esters is 2. The van der Waals surface area contributed by atoms with Crippen molar-refractivity contribution < 1.29 is 19.1 Å². The highest BCUT2D eigenvalue weighted by atomic mass is 16.6. The van der Waals surface area contributed by atoms with E-state index in [1.807, 2.05) is 20.8 Å². The van der Waals surface area contributed by atoms with E-state index in [4.69, 9.17) is 9.47 Å². The number of rotatable bonds is 3. The second kappa shape index (κ2) is 4.90. The summed E-state index contributed by atoms with van der Waals surface area (Å²) in [6.07, 6.45) is 3.99. The van der Waals surface area contributed by atoms with Gasteiger partial charge >= 0.3 is 11.9 Å². The fourth-order valence-electron chi connectivity index (χ4n) is 2.56. The molecule has 3 atom stereocenters. The van der Waals surface area contributed by atoms with Gasteiger partial charge in [-0.2, -0.15) is 0 Å². The molecule has 0 bridgehead atoms. The van der Waals surface area contributed by atoms with E-state index in [2.05, 4.69) is 0 Å². The Morgan fingerprint density at radius 2 is 2.06 bits per heavy atom. The van der Waals surface area contributed by atoms with Crippen molar-refractivity contribution in [3.8, 4) is 0 Å². The molecule has 102 valence electrons. The number of carbonyl (C=O) groups excluding carboxylic acids is 2. The van der Waals surface area contributed by atoms with Crippen LogP contribution in [-0.2, 0) is 19.1 Å². The Labute approximate surface area is 108 Å². The molecule has 4 heteroatoms. The van der Waals surface area contributed by atoms with E-state index < -0.39 is 11.5 Å². The summed E-state index contributed by atoms with van der Waals surface area (Å²) in [6.45, 7) is 5.62. The van der Waals surface area contributed by atoms with Crippen molar-refractivity contribution in [2.45, 2.75) is 65.1 Å². The van der Waals surface area contributed by atoms with E-state index >= 15 is 0 Å². The van der Waals surface area contributed by atoms with E-state index in [-0.39, 0.29) is 24.0 Å². The maximum absolute atomic E-state index is 12.0. The van der Waals surface area contributed by atoms with Gasteiger partial charge in [0.15, 0.2) is 0 Å². The summed E-state index contributed by atoms with van der Waals surface area (Å²) in [5.74, 6) is -0.576. The van der Waals surface area contributed by atoms with Crippen molar-refractivity contribution in [2.24, 2.45) is 11.3 Å². The maximum atomic E-state index is 12.0.